The van der Waals surface area contributed by atoms with Crippen LogP contribution in [0.15, 0.2) is 42.7 Å². The lowest BCUT2D eigenvalue weighted by Crippen LogP contribution is -2.48. The molecule has 1 saturated carbocycles. The van der Waals surface area contributed by atoms with Gasteiger partial charge in [-0.15, -0.1) is 10.2 Å². The number of alkyl halides is 3. The van der Waals surface area contributed by atoms with Gasteiger partial charge in [-0.25, -0.2) is 0 Å². The Kier molecular flexibility index (Phi) is 5.32. The molecule has 1 aliphatic heterocycles. The van der Waals surface area contributed by atoms with Gasteiger partial charge in [-0.1, -0.05) is 26.0 Å². The summed E-state index contributed by atoms with van der Waals surface area (Å²) in [4.78, 5) is 14.6. The number of amides is 1. The zero-order chi connectivity index (χ0) is 25.2. The fourth-order valence-electron chi connectivity index (χ4n) is 6.01. The van der Waals surface area contributed by atoms with Gasteiger partial charge in [0, 0.05) is 30.1 Å². The SMILES string of the molecule is Cn1cnnc1CC1(c2cccc(N3Cc4c(cc(CO)cc4C(F)(F)F)C3=O)c2)CC(C)(C)C1. The molecule has 0 radical (unpaired) electrons. The second-order valence-corrected chi connectivity index (χ2v) is 10.6. The first kappa shape index (κ1) is 23.5. The Balaban J connectivity index is 1.52. The second kappa shape index (κ2) is 7.91. The molecular formula is C26H27F3N4O2. The van der Waals surface area contributed by atoms with Crippen molar-refractivity contribution < 1.29 is 23.1 Å². The van der Waals surface area contributed by atoms with Gasteiger partial charge in [-0.2, -0.15) is 13.2 Å². The maximum absolute atomic E-state index is 13.8. The lowest BCUT2D eigenvalue weighted by molar-refractivity contribution is -0.138. The minimum Gasteiger partial charge on any atom is -0.392 e. The highest BCUT2D eigenvalue weighted by molar-refractivity contribution is 6.10. The average Bonchev–Trinajstić information content (AvgIpc) is 3.33. The molecule has 0 saturated heterocycles. The Morgan fingerprint density at radius 1 is 1.14 bits per heavy atom. The van der Waals surface area contributed by atoms with E-state index in [0.29, 0.717) is 12.1 Å². The van der Waals surface area contributed by atoms with E-state index in [-0.39, 0.29) is 34.1 Å². The molecule has 9 heteroatoms. The molecule has 2 heterocycles. The number of carbonyl (C=O) groups excluding carboxylic acids is 1. The Hall–Kier alpha value is -3.20. The molecule has 5 rings (SSSR count). The van der Waals surface area contributed by atoms with Gasteiger partial charge in [0.1, 0.15) is 12.2 Å². The van der Waals surface area contributed by atoms with Crippen molar-refractivity contribution in [1.82, 2.24) is 14.8 Å². The van der Waals surface area contributed by atoms with E-state index < -0.39 is 24.3 Å². The van der Waals surface area contributed by atoms with Crippen LogP contribution >= 0.6 is 0 Å². The topological polar surface area (TPSA) is 71.2 Å². The van der Waals surface area contributed by atoms with E-state index in [1.54, 1.807) is 12.4 Å². The van der Waals surface area contributed by atoms with Crippen molar-refractivity contribution >= 4 is 11.6 Å². The molecule has 6 nitrogen and oxygen atoms in total. The minimum atomic E-state index is -4.62. The number of benzene rings is 2. The largest absolute Gasteiger partial charge is 0.416 e. The van der Waals surface area contributed by atoms with Crippen LogP contribution in [0.2, 0.25) is 0 Å². The number of hydrogen-bond acceptors (Lipinski definition) is 4. The Bertz CT molecular complexity index is 1300. The second-order valence-electron chi connectivity index (χ2n) is 10.6. The van der Waals surface area contributed by atoms with Crippen LogP contribution in [0.25, 0.3) is 0 Å². The smallest absolute Gasteiger partial charge is 0.392 e. The van der Waals surface area contributed by atoms with Crippen LogP contribution in [-0.2, 0) is 38.2 Å². The van der Waals surface area contributed by atoms with E-state index in [0.717, 1.165) is 30.3 Å². The summed E-state index contributed by atoms with van der Waals surface area (Å²) in [6.07, 6.45) is -0.429. The van der Waals surface area contributed by atoms with E-state index in [9.17, 15) is 23.1 Å². The van der Waals surface area contributed by atoms with Gasteiger partial charge < -0.3 is 14.6 Å². The first-order chi connectivity index (χ1) is 16.4. The fourth-order valence-corrected chi connectivity index (χ4v) is 6.01. The van der Waals surface area contributed by atoms with Gasteiger partial charge in [0.15, 0.2) is 0 Å². The third-order valence-electron chi connectivity index (χ3n) is 7.30. The van der Waals surface area contributed by atoms with Gasteiger partial charge in [0.2, 0.25) is 0 Å². The number of aliphatic hydroxyl groups is 1. The molecule has 0 atom stereocenters. The van der Waals surface area contributed by atoms with Gasteiger partial charge in [0.05, 0.1) is 18.7 Å². The Morgan fingerprint density at radius 2 is 1.89 bits per heavy atom. The number of anilines is 1. The number of carbonyl (C=O) groups is 1. The first-order valence-corrected chi connectivity index (χ1v) is 11.5. The normalized spacial score (nSPS) is 18.5. The third kappa shape index (κ3) is 4.01. The molecule has 0 spiro atoms. The third-order valence-corrected chi connectivity index (χ3v) is 7.30. The number of aryl methyl sites for hydroxylation is 1. The summed E-state index contributed by atoms with van der Waals surface area (Å²) in [6, 6.07) is 9.85. The van der Waals surface area contributed by atoms with Crippen LogP contribution in [0.5, 0.6) is 0 Å². The van der Waals surface area contributed by atoms with E-state index in [2.05, 4.69) is 24.0 Å². The van der Waals surface area contributed by atoms with Gasteiger partial charge in [-0.05, 0) is 59.2 Å². The number of halogens is 3. The van der Waals surface area contributed by atoms with Crippen molar-refractivity contribution in [2.45, 2.75) is 57.9 Å². The van der Waals surface area contributed by atoms with E-state index in [1.165, 1.54) is 11.0 Å². The summed E-state index contributed by atoms with van der Waals surface area (Å²) < 4.78 is 43.2. The van der Waals surface area contributed by atoms with Crippen LogP contribution in [0.3, 0.4) is 0 Å². The number of nitrogens with zero attached hydrogens (tertiary/aromatic N) is 4. The highest BCUT2D eigenvalue weighted by Gasteiger charge is 2.51. The van der Waals surface area contributed by atoms with Crippen molar-refractivity contribution in [3.63, 3.8) is 0 Å². The summed E-state index contributed by atoms with van der Waals surface area (Å²) in [5.41, 5.74) is 0.687. The van der Waals surface area contributed by atoms with Gasteiger partial charge >= 0.3 is 6.18 Å². The van der Waals surface area contributed by atoms with Crippen molar-refractivity contribution in [1.29, 1.82) is 0 Å². The van der Waals surface area contributed by atoms with Crippen molar-refractivity contribution in [3.05, 3.63) is 76.4 Å². The average molecular weight is 485 g/mol. The van der Waals surface area contributed by atoms with E-state index >= 15 is 0 Å². The van der Waals surface area contributed by atoms with Crippen LogP contribution in [0, 0.1) is 5.41 Å². The monoisotopic (exact) mass is 484 g/mol. The predicted octanol–water partition coefficient (Wildman–Crippen LogP) is 4.79. The Labute approximate surface area is 201 Å². The zero-order valence-corrected chi connectivity index (χ0v) is 19.9. The lowest BCUT2D eigenvalue weighted by atomic mass is 9.50. The molecule has 1 aromatic heterocycles. The van der Waals surface area contributed by atoms with Crippen molar-refractivity contribution in [2.75, 3.05) is 4.90 Å². The molecule has 184 valence electrons. The first-order valence-electron chi connectivity index (χ1n) is 11.5. The zero-order valence-electron chi connectivity index (χ0n) is 19.9. The van der Waals surface area contributed by atoms with Gasteiger partial charge in [-0.3, -0.25) is 4.79 Å². The quantitative estimate of drug-likeness (QED) is 0.566. The van der Waals surface area contributed by atoms with Gasteiger partial charge in [0.25, 0.3) is 5.91 Å². The highest BCUT2D eigenvalue weighted by Crippen LogP contribution is 2.57. The fraction of sp³-hybridized carbons (Fsp3) is 0.423. The molecule has 1 aliphatic carbocycles. The summed E-state index contributed by atoms with van der Waals surface area (Å²) in [7, 11) is 1.91. The number of aromatic nitrogens is 3. The molecule has 1 N–H and O–H groups in total. The number of rotatable bonds is 5. The molecule has 0 unspecified atom stereocenters. The van der Waals surface area contributed by atoms with E-state index in [4.69, 9.17) is 0 Å². The van der Waals surface area contributed by atoms with Crippen LogP contribution in [0.4, 0.5) is 18.9 Å². The molecule has 2 aromatic carbocycles. The maximum Gasteiger partial charge on any atom is 0.416 e. The summed E-state index contributed by atoms with van der Waals surface area (Å²) in [6.45, 7) is 3.69. The molecule has 0 bridgehead atoms. The molecular weight excluding hydrogens is 457 g/mol. The molecule has 35 heavy (non-hydrogen) atoms. The standard InChI is InChI=1S/C26H27F3N4O2/c1-24(2)13-25(14-24,10-22-31-30-15-32(22)3)17-5-4-6-18(9-17)33-11-20-19(23(33)35)7-16(12-34)8-21(20)26(27,28)29/h4-9,15,34H,10-14H2,1-3H3. The molecule has 2 aliphatic rings. The van der Waals surface area contributed by atoms with E-state index in [1.807, 2.05) is 29.8 Å². The van der Waals surface area contributed by atoms with Crippen LogP contribution in [0.1, 0.15) is 65.1 Å². The Morgan fingerprint density at radius 3 is 2.49 bits per heavy atom. The number of aliphatic hydroxyl groups excluding tert-OH is 1. The summed E-state index contributed by atoms with van der Waals surface area (Å²) in [5.74, 6) is 0.371. The summed E-state index contributed by atoms with van der Waals surface area (Å²) in [5, 5.41) is 17.7. The van der Waals surface area contributed by atoms with Crippen LogP contribution < -0.4 is 4.90 Å². The van der Waals surface area contributed by atoms with Crippen LogP contribution in [-0.4, -0.2) is 25.8 Å². The number of hydrogen-bond donors (Lipinski definition) is 1. The maximum atomic E-state index is 13.8. The number of fused-ring (bicyclic) bond motifs is 1. The highest BCUT2D eigenvalue weighted by atomic mass is 19.4. The minimum absolute atomic E-state index is 0.00662. The molecule has 3 aromatic rings. The lowest BCUT2D eigenvalue weighted by Gasteiger charge is -2.54. The van der Waals surface area contributed by atoms with Crippen molar-refractivity contribution in [2.24, 2.45) is 12.5 Å². The predicted molar refractivity (Wildman–Crippen MR) is 124 cm³/mol. The summed E-state index contributed by atoms with van der Waals surface area (Å²) >= 11 is 0. The molecule has 1 fully saturated rings. The van der Waals surface area contributed by atoms with Crippen molar-refractivity contribution in [3.8, 4) is 0 Å². The molecule has 1 amide bonds.